The number of aromatic nitrogens is 1. The number of fused-ring (bicyclic) bond motifs is 1. The van der Waals surface area contributed by atoms with Crippen molar-refractivity contribution in [2.45, 2.75) is 31.3 Å². The van der Waals surface area contributed by atoms with E-state index in [1.807, 2.05) is 24.3 Å². The molecule has 1 aliphatic rings. The van der Waals surface area contributed by atoms with Gasteiger partial charge in [-0.25, -0.2) is 0 Å². The Labute approximate surface area is 117 Å². The molecule has 0 bridgehead atoms. The van der Waals surface area contributed by atoms with E-state index < -0.39 is 5.60 Å². The summed E-state index contributed by atoms with van der Waals surface area (Å²) in [5.41, 5.74) is 0.531. The van der Waals surface area contributed by atoms with Gasteiger partial charge in [-0.05, 0) is 25.0 Å². The molecule has 0 unspecified atom stereocenters. The summed E-state index contributed by atoms with van der Waals surface area (Å²) in [5, 5.41) is 14.1. The van der Waals surface area contributed by atoms with Crippen LogP contribution in [0, 0.1) is 0 Å². The molecule has 2 N–H and O–H groups in total. The third kappa shape index (κ3) is 2.51. The van der Waals surface area contributed by atoms with E-state index in [9.17, 15) is 9.90 Å². The third-order valence-electron chi connectivity index (χ3n) is 3.99. The van der Waals surface area contributed by atoms with Crippen LogP contribution in [0.3, 0.4) is 0 Å². The number of aliphatic hydroxyl groups is 1. The van der Waals surface area contributed by atoms with E-state index in [4.69, 9.17) is 0 Å². The van der Waals surface area contributed by atoms with Crippen LogP contribution < -0.4 is 5.32 Å². The van der Waals surface area contributed by atoms with Crippen molar-refractivity contribution < 1.29 is 9.90 Å². The van der Waals surface area contributed by atoms with Crippen molar-refractivity contribution in [2.75, 3.05) is 6.54 Å². The molecule has 20 heavy (non-hydrogen) atoms. The maximum absolute atomic E-state index is 12.3. The molecule has 0 aliphatic heterocycles. The quantitative estimate of drug-likeness (QED) is 0.899. The van der Waals surface area contributed by atoms with Gasteiger partial charge in [-0.15, -0.1) is 0 Å². The molecule has 2 aromatic rings. The van der Waals surface area contributed by atoms with Gasteiger partial charge in [0.15, 0.2) is 0 Å². The Morgan fingerprint density at radius 3 is 2.80 bits per heavy atom. The Morgan fingerprint density at radius 1 is 1.25 bits per heavy atom. The standard InChI is InChI=1S/C16H18N2O2/c19-15(18-11-16(20)8-1-2-9-16)13-7-3-5-12-6-4-10-17-14(12)13/h3-7,10,20H,1-2,8-9,11H2,(H,18,19). The monoisotopic (exact) mass is 270 g/mol. The van der Waals surface area contributed by atoms with E-state index in [-0.39, 0.29) is 5.91 Å². The first-order valence-corrected chi connectivity index (χ1v) is 7.02. The number of pyridine rings is 1. The number of nitrogens with one attached hydrogen (secondary N) is 1. The van der Waals surface area contributed by atoms with Crippen LogP contribution in [0.5, 0.6) is 0 Å². The first-order chi connectivity index (χ1) is 9.68. The molecule has 1 heterocycles. The molecular formula is C16H18N2O2. The van der Waals surface area contributed by atoms with Crippen molar-refractivity contribution in [1.82, 2.24) is 10.3 Å². The lowest BCUT2D eigenvalue weighted by atomic mass is 10.0. The molecule has 0 spiro atoms. The maximum Gasteiger partial charge on any atom is 0.253 e. The second-order valence-corrected chi connectivity index (χ2v) is 5.49. The zero-order chi connectivity index (χ0) is 14.0. The van der Waals surface area contributed by atoms with Gasteiger partial charge in [-0.3, -0.25) is 9.78 Å². The summed E-state index contributed by atoms with van der Waals surface area (Å²) >= 11 is 0. The Bertz CT molecular complexity index is 628. The number of hydrogen-bond donors (Lipinski definition) is 2. The fourth-order valence-corrected chi connectivity index (χ4v) is 2.84. The Balaban J connectivity index is 1.79. The Kier molecular flexibility index (Phi) is 3.40. The molecule has 0 radical (unpaired) electrons. The SMILES string of the molecule is O=C(NCC1(O)CCCC1)c1cccc2cccnc12. The van der Waals surface area contributed by atoms with Gasteiger partial charge in [-0.1, -0.05) is 31.0 Å². The van der Waals surface area contributed by atoms with Gasteiger partial charge in [-0.2, -0.15) is 0 Å². The summed E-state index contributed by atoms with van der Waals surface area (Å²) < 4.78 is 0. The van der Waals surface area contributed by atoms with E-state index in [1.54, 1.807) is 12.3 Å². The van der Waals surface area contributed by atoms with E-state index in [0.717, 1.165) is 31.1 Å². The maximum atomic E-state index is 12.3. The Hall–Kier alpha value is -1.94. The van der Waals surface area contributed by atoms with Crippen LogP contribution in [0.2, 0.25) is 0 Å². The number of rotatable bonds is 3. The van der Waals surface area contributed by atoms with E-state index in [1.165, 1.54) is 0 Å². The first kappa shape index (κ1) is 13.1. The molecule has 3 rings (SSSR count). The molecule has 1 aliphatic carbocycles. The largest absolute Gasteiger partial charge is 0.388 e. The van der Waals surface area contributed by atoms with Crippen molar-refractivity contribution in [1.29, 1.82) is 0 Å². The molecule has 4 heteroatoms. The number of nitrogens with zero attached hydrogens (tertiary/aromatic N) is 1. The van der Waals surface area contributed by atoms with Crippen molar-refractivity contribution in [3.63, 3.8) is 0 Å². The second kappa shape index (κ2) is 5.21. The van der Waals surface area contributed by atoms with Crippen LogP contribution in [0.1, 0.15) is 36.0 Å². The van der Waals surface area contributed by atoms with E-state index >= 15 is 0 Å². The zero-order valence-corrected chi connectivity index (χ0v) is 11.3. The summed E-state index contributed by atoms with van der Waals surface area (Å²) in [5.74, 6) is -0.172. The lowest BCUT2D eigenvalue weighted by Crippen LogP contribution is -2.40. The molecule has 104 valence electrons. The van der Waals surface area contributed by atoms with Crippen molar-refractivity contribution in [3.8, 4) is 0 Å². The van der Waals surface area contributed by atoms with Crippen LogP contribution in [-0.2, 0) is 0 Å². The minimum absolute atomic E-state index is 0.172. The van der Waals surface area contributed by atoms with E-state index in [0.29, 0.717) is 17.6 Å². The molecule has 0 atom stereocenters. The van der Waals surface area contributed by atoms with Crippen LogP contribution in [0.15, 0.2) is 36.5 Å². The highest BCUT2D eigenvalue weighted by molar-refractivity contribution is 6.05. The number of carbonyl (C=O) groups excluding carboxylic acids is 1. The number of para-hydroxylation sites is 1. The third-order valence-corrected chi connectivity index (χ3v) is 3.99. The lowest BCUT2D eigenvalue weighted by molar-refractivity contribution is 0.0450. The van der Waals surface area contributed by atoms with Gasteiger partial charge < -0.3 is 10.4 Å². The lowest BCUT2D eigenvalue weighted by Gasteiger charge is -2.22. The number of hydrogen-bond acceptors (Lipinski definition) is 3. The summed E-state index contributed by atoms with van der Waals surface area (Å²) in [6.07, 6.45) is 5.27. The van der Waals surface area contributed by atoms with Crippen molar-refractivity contribution >= 4 is 16.8 Å². The smallest absolute Gasteiger partial charge is 0.253 e. The molecule has 0 saturated heterocycles. The topological polar surface area (TPSA) is 62.2 Å². The fraction of sp³-hybridized carbons (Fsp3) is 0.375. The van der Waals surface area contributed by atoms with Gasteiger partial charge in [0.2, 0.25) is 0 Å². The number of carbonyl (C=O) groups is 1. The summed E-state index contributed by atoms with van der Waals surface area (Å²) in [7, 11) is 0. The molecular weight excluding hydrogens is 252 g/mol. The first-order valence-electron chi connectivity index (χ1n) is 7.02. The van der Waals surface area contributed by atoms with Crippen LogP contribution >= 0.6 is 0 Å². The normalized spacial score (nSPS) is 17.2. The average molecular weight is 270 g/mol. The van der Waals surface area contributed by atoms with Gasteiger partial charge >= 0.3 is 0 Å². The predicted octanol–water partition coefficient (Wildman–Crippen LogP) is 2.27. The fourth-order valence-electron chi connectivity index (χ4n) is 2.84. The molecule has 1 aromatic heterocycles. The highest BCUT2D eigenvalue weighted by atomic mass is 16.3. The summed E-state index contributed by atoms with van der Waals surface area (Å²) in [4.78, 5) is 16.6. The molecule has 1 aromatic carbocycles. The number of amides is 1. The Morgan fingerprint density at radius 2 is 2.00 bits per heavy atom. The molecule has 4 nitrogen and oxygen atoms in total. The predicted molar refractivity (Wildman–Crippen MR) is 77.5 cm³/mol. The van der Waals surface area contributed by atoms with Crippen LogP contribution in [0.25, 0.3) is 10.9 Å². The van der Waals surface area contributed by atoms with Crippen LogP contribution in [0.4, 0.5) is 0 Å². The van der Waals surface area contributed by atoms with Gasteiger partial charge in [0, 0.05) is 18.1 Å². The average Bonchev–Trinajstić information content (AvgIpc) is 2.91. The van der Waals surface area contributed by atoms with Crippen molar-refractivity contribution in [3.05, 3.63) is 42.1 Å². The van der Waals surface area contributed by atoms with E-state index in [2.05, 4.69) is 10.3 Å². The molecule has 1 saturated carbocycles. The molecule has 1 fully saturated rings. The second-order valence-electron chi connectivity index (χ2n) is 5.49. The number of benzene rings is 1. The summed E-state index contributed by atoms with van der Waals surface area (Å²) in [6, 6.07) is 9.34. The minimum Gasteiger partial charge on any atom is -0.388 e. The van der Waals surface area contributed by atoms with Gasteiger partial charge in [0.05, 0.1) is 16.7 Å². The summed E-state index contributed by atoms with van der Waals surface area (Å²) in [6.45, 7) is 0.315. The van der Waals surface area contributed by atoms with Gasteiger partial charge in [0.25, 0.3) is 5.91 Å². The highest BCUT2D eigenvalue weighted by Crippen LogP contribution is 2.28. The van der Waals surface area contributed by atoms with Gasteiger partial charge in [0.1, 0.15) is 0 Å². The minimum atomic E-state index is -0.728. The zero-order valence-electron chi connectivity index (χ0n) is 11.3. The van der Waals surface area contributed by atoms with Crippen LogP contribution in [-0.4, -0.2) is 28.1 Å². The molecule has 1 amide bonds. The highest BCUT2D eigenvalue weighted by Gasteiger charge is 2.31. The van der Waals surface area contributed by atoms with Crippen molar-refractivity contribution in [2.24, 2.45) is 0 Å².